The molecular weight excluding hydrogens is 176 g/mol. The highest BCUT2D eigenvalue weighted by Gasteiger charge is 2.16. The highest BCUT2D eigenvalue weighted by molar-refractivity contribution is 7.73. The molecule has 0 unspecified atom stereocenters. The Hall–Kier alpha value is -1.36. The second kappa shape index (κ2) is 2.60. The lowest BCUT2D eigenvalue weighted by Gasteiger charge is -1.92. The number of hydrogen-bond donors (Lipinski definition) is 1. The van der Waals surface area contributed by atoms with E-state index in [0.29, 0.717) is 17.2 Å². The third kappa shape index (κ3) is 1.08. The van der Waals surface area contributed by atoms with Crippen LogP contribution >= 0.6 is 0 Å². The first kappa shape index (κ1) is 7.30. The van der Waals surface area contributed by atoms with Crippen LogP contribution in [-0.2, 0) is 16.7 Å². The van der Waals surface area contributed by atoms with Crippen molar-refractivity contribution in [3.63, 3.8) is 0 Å². The van der Waals surface area contributed by atoms with E-state index in [9.17, 15) is 8.42 Å². The van der Waals surface area contributed by atoms with E-state index in [1.54, 1.807) is 12.3 Å². The molecule has 0 saturated heterocycles. The van der Waals surface area contributed by atoms with Gasteiger partial charge in [-0.15, -0.1) is 0 Å². The fraction of sp³-hybridized carbons (Fsp3) is 0.143. The van der Waals surface area contributed by atoms with Crippen molar-refractivity contribution in [2.45, 2.75) is 6.42 Å². The van der Waals surface area contributed by atoms with Crippen LogP contribution in [-0.4, -0.2) is 18.4 Å². The van der Waals surface area contributed by atoms with Crippen LogP contribution in [0.2, 0.25) is 0 Å². The Labute approximate surface area is 70.8 Å². The summed E-state index contributed by atoms with van der Waals surface area (Å²) in [6, 6.07) is 3.65. The van der Waals surface area contributed by atoms with Gasteiger partial charge in [0.05, 0.1) is 0 Å². The number of aromatic nitrogens is 1. The Morgan fingerprint density at radius 3 is 3.00 bits per heavy atom. The van der Waals surface area contributed by atoms with E-state index in [1.807, 2.05) is 6.07 Å². The lowest BCUT2D eigenvalue weighted by atomic mass is 10.2. The van der Waals surface area contributed by atoms with Gasteiger partial charge in [-0.2, -0.15) is 8.42 Å². The molecule has 4 nitrogen and oxygen atoms in total. The molecule has 0 bridgehead atoms. The molecule has 0 aliphatic carbocycles. The van der Waals surface area contributed by atoms with Crippen LogP contribution < -0.4 is 5.32 Å². The molecule has 1 aliphatic rings. The van der Waals surface area contributed by atoms with E-state index in [1.165, 1.54) is 0 Å². The Bertz CT molecular complexity index is 415. The Balaban J connectivity index is 2.53. The van der Waals surface area contributed by atoms with E-state index in [-0.39, 0.29) is 0 Å². The minimum Gasteiger partial charge on any atom is -0.330 e. The van der Waals surface area contributed by atoms with Crippen molar-refractivity contribution in [2.24, 2.45) is 0 Å². The van der Waals surface area contributed by atoms with E-state index in [4.69, 9.17) is 0 Å². The summed E-state index contributed by atoms with van der Waals surface area (Å²) in [4.78, 5) is 4.28. The number of rotatable bonds is 0. The molecule has 62 valence electrons. The molecule has 0 radical (unpaired) electrons. The predicted octanol–water partition coefficient (Wildman–Crippen LogP) is 0.0586. The number of anilines is 1. The van der Waals surface area contributed by atoms with Crippen molar-refractivity contribution < 1.29 is 8.42 Å². The monoisotopic (exact) mass is 182 g/mol. The van der Waals surface area contributed by atoms with Crippen molar-refractivity contribution in [1.29, 1.82) is 0 Å². The van der Waals surface area contributed by atoms with Gasteiger partial charge < -0.3 is 5.32 Å². The van der Waals surface area contributed by atoms with Crippen LogP contribution in [0.15, 0.2) is 18.3 Å². The van der Waals surface area contributed by atoms with Gasteiger partial charge in [0.1, 0.15) is 10.8 Å². The molecule has 1 N–H and O–H groups in total. The van der Waals surface area contributed by atoms with Gasteiger partial charge in [0, 0.05) is 18.2 Å². The molecule has 1 aromatic heterocycles. The van der Waals surface area contributed by atoms with Crippen molar-refractivity contribution in [3.8, 4) is 0 Å². The second-order valence-corrected chi connectivity index (χ2v) is 3.43. The van der Waals surface area contributed by atoms with Crippen molar-refractivity contribution in [2.75, 3.05) is 5.32 Å². The minimum atomic E-state index is -2.15. The zero-order valence-corrected chi connectivity index (χ0v) is 6.93. The number of pyridine rings is 1. The lowest BCUT2D eigenvalue weighted by molar-refractivity contribution is 0.627. The van der Waals surface area contributed by atoms with Crippen molar-refractivity contribution in [3.05, 3.63) is 23.9 Å². The smallest absolute Gasteiger partial charge is 0.234 e. The first-order valence-corrected chi connectivity index (χ1v) is 4.51. The molecule has 12 heavy (non-hydrogen) atoms. The lowest BCUT2D eigenvalue weighted by Crippen LogP contribution is -2.07. The van der Waals surface area contributed by atoms with Gasteiger partial charge >= 0.3 is 0 Å². The number of nitrogens with one attached hydrogen (secondary N) is 1. The third-order valence-corrected chi connectivity index (χ3v) is 2.35. The molecule has 5 heteroatoms. The average Bonchev–Trinajstić information content (AvgIpc) is 2.46. The molecule has 2 heterocycles. The predicted molar refractivity (Wildman–Crippen MR) is 45.5 cm³/mol. The van der Waals surface area contributed by atoms with Crippen LogP contribution in [0.3, 0.4) is 0 Å². The Morgan fingerprint density at radius 1 is 1.50 bits per heavy atom. The minimum absolute atomic E-state index is 0.295. The van der Waals surface area contributed by atoms with Crippen LogP contribution in [0, 0.1) is 0 Å². The summed E-state index contributed by atoms with van der Waals surface area (Å²) in [5.74, 6) is 0.650. The van der Waals surface area contributed by atoms with Gasteiger partial charge in [0.2, 0.25) is 10.3 Å². The first-order valence-electron chi connectivity index (χ1n) is 3.43. The zero-order valence-electron chi connectivity index (χ0n) is 6.11. The van der Waals surface area contributed by atoms with E-state index in [2.05, 4.69) is 10.3 Å². The maximum absolute atomic E-state index is 10.5. The summed E-state index contributed by atoms with van der Waals surface area (Å²) in [6.07, 6.45) is 2.06. The van der Waals surface area contributed by atoms with Gasteiger partial charge in [0.15, 0.2) is 0 Å². The molecule has 0 spiro atoms. The van der Waals surface area contributed by atoms with E-state index in [0.717, 1.165) is 5.56 Å². The molecule has 0 atom stereocenters. The largest absolute Gasteiger partial charge is 0.330 e. The summed E-state index contributed by atoms with van der Waals surface area (Å²) in [5.41, 5.74) is 0.928. The fourth-order valence-electron chi connectivity index (χ4n) is 1.14. The first-order chi connectivity index (χ1) is 5.77. The SMILES string of the molecule is O=S(=O)=C1Cc2cccnc2N1. The second-order valence-electron chi connectivity index (χ2n) is 2.47. The van der Waals surface area contributed by atoms with Gasteiger partial charge in [0.25, 0.3) is 0 Å². The van der Waals surface area contributed by atoms with Crippen molar-refractivity contribution in [1.82, 2.24) is 4.98 Å². The molecule has 0 saturated carbocycles. The van der Waals surface area contributed by atoms with Gasteiger partial charge in [-0.25, -0.2) is 4.98 Å². The summed E-state index contributed by atoms with van der Waals surface area (Å²) in [6.45, 7) is 0. The number of hydrogen-bond acceptors (Lipinski definition) is 3. The quantitative estimate of drug-likeness (QED) is 0.576. The van der Waals surface area contributed by atoms with Crippen LogP contribution in [0.25, 0.3) is 0 Å². The third-order valence-electron chi connectivity index (χ3n) is 1.70. The molecule has 1 aliphatic heterocycles. The summed E-state index contributed by atoms with van der Waals surface area (Å²) in [7, 11) is -2.15. The standard InChI is InChI=1S/C7H6N2O2S/c10-12(11)6-4-5-2-1-3-8-7(5)9-6/h1-3H,4H2,(H,8,9). The summed E-state index contributed by atoms with van der Waals surface area (Å²) in [5, 5.41) is 2.73. The van der Waals surface area contributed by atoms with E-state index < -0.39 is 10.3 Å². The maximum Gasteiger partial charge on any atom is 0.234 e. The molecule has 2 rings (SSSR count). The van der Waals surface area contributed by atoms with Gasteiger partial charge in [-0.3, -0.25) is 0 Å². The summed E-state index contributed by atoms with van der Waals surface area (Å²) < 4.78 is 21.1. The number of fused-ring (bicyclic) bond motifs is 1. The molecule has 0 aromatic carbocycles. The van der Waals surface area contributed by atoms with Crippen molar-refractivity contribution >= 4 is 21.1 Å². The normalized spacial score (nSPS) is 13.8. The molecular formula is C7H6N2O2S. The Morgan fingerprint density at radius 2 is 2.33 bits per heavy atom. The highest BCUT2D eigenvalue weighted by Crippen LogP contribution is 2.18. The molecule has 0 fully saturated rings. The van der Waals surface area contributed by atoms with Crippen LogP contribution in [0.4, 0.5) is 5.82 Å². The maximum atomic E-state index is 10.5. The fourth-order valence-corrected chi connectivity index (χ4v) is 1.60. The van der Waals surface area contributed by atoms with Crippen LogP contribution in [0.1, 0.15) is 5.56 Å². The Kier molecular flexibility index (Phi) is 1.58. The van der Waals surface area contributed by atoms with Crippen LogP contribution in [0.5, 0.6) is 0 Å². The summed E-state index contributed by atoms with van der Waals surface area (Å²) >= 11 is 0. The topological polar surface area (TPSA) is 59.1 Å². The van der Waals surface area contributed by atoms with E-state index >= 15 is 0 Å². The van der Waals surface area contributed by atoms with Gasteiger partial charge in [-0.1, -0.05) is 6.07 Å². The zero-order chi connectivity index (χ0) is 8.55. The highest BCUT2D eigenvalue weighted by atomic mass is 32.2. The molecule has 0 amide bonds. The van der Waals surface area contributed by atoms with Gasteiger partial charge in [-0.05, 0) is 6.07 Å². The average molecular weight is 182 g/mol. The molecule has 1 aromatic rings. The number of nitrogens with zero attached hydrogens (tertiary/aromatic N) is 1.